The van der Waals surface area contributed by atoms with Crippen LogP contribution in [0.15, 0.2) is 0 Å². The van der Waals surface area contributed by atoms with Crippen molar-refractivity contribution in [3.8, 4) is 0 Å². The van der Waals surface area contributed by atoms with Crippen molar-refractivity contribution in [1.82, 2.24) is 4.90 Å². The Bertz CT molecular complexity index is 263. The predicted octanol–water partition coefficient (Wildman–Crippen LogP) is 1.79. The molecule has 0 bridgehead atoms. The predicted molar refractivity (Wildman–Crippen MR) is 64.5 cm³/mol. The van der Waals surface area contributed by atoms with E-state index in [1.54, 1.807) is 0 Å². The number of hydrogen-bond acceptors (Lipinski definition) is 3. The maximum Gasteiger partial charge on any atom is 0.0789 e. The van der Waals surface area contributed by atoms with E-state index in [1.165, 1.54) is 6.42 Å². The van der Waals surface area contributed by atoms with Gasteiger partial charge in [0.1, 0.15) is 0 Å². The lowest BCUT2D eigenvalue weighted by Crippen LogP contribution is -2.49. The largest absolute Gasteiger partial charge is 0.395 e. The first-order valence-electron chi connectivity index (χ1n) is 6.42. The normalized spacial score (nSPS) is 38.1. The zero-order chi connectivity index (χ0) is 12.0. The first-order chi connectivity index (χ1) is 7.36. The molecule has 2 atom stereocenters. The molecule has 0 aromatic rings. The maximum absolute atomic E-state index is 9.41. The summed E-state index contributed by atoms with van der Waals surface area (Å²) in [4.78, 5) is 2.47. The fourth-order valence-electron chi connectivity index (χ4n) is 3.51. The molecule has 1 N–H and O–H groups in total. The van der Waals surface area contributed by atoms with Crippen LogP contribution in [-0.2, 0) is 4.74 Å². The molecule has 3 heteroatoms. The maximum atomic E-state index is 9.41. The van der Waals surface area contributed by atoms with Gasteiger partial charge in [-0.3, -0.25) is 4.90 Å². The quantitative estimate of drug-likeness (QED) is 0.780. The van der Waals surface area contributed by atoms with Crippen LogP contribution in [0.4, 0.5) is 0 Å². The van der Waals surface area contributed by atoms with Gasteiger partial charge in [-0.05, 0) is 53.5 Å². The van der Waals surface area contributed by atoms with Crippen LogP contribution < -0.4 is 0 Å². The zero-order valence-corrected chi connectivity index (χ0v) is 11.0. The van der Waals surface area contributed by atoms with E-state index < -0.39 is 0 Å². The molecule has 2 saturated heterocycles. The molecule has 0 aromatic carbocycles. The van der Waals surface area contributed by atoms with Crippen molar-refractivity contribution in [3.63, 3.8) is 0 Å². The molecule has 0 aliphatic carbocycles. The monoisotopic (exact) mass is 227 g/mol. The molecule has 0 saturated carbocycles. The van der Waals surface area contributed by atoms with Crippen molar-refractivity contribution >= 4 is 0 Å². The highest BCUT2D eigenvalue weighted by molar-refractivity contribution is 5.02. The number of aliphatic hydroxyl groups excluding tert-OH is 1. The number of likely N-dealkylation sites (tertiary alicyclic amines) is 1. The van der Waals surface area contributed by atoms with Crippen molar-refractivity contribution in [2.45, 2.75) is 70.2 Å². The van der Waals surface area contributed by atoms with Gasteiger partial charge < -0.3 is 9.84 Å². The number of ether oxygens (including phenoxy) is 1. The van der Waals surface area contributed by atoms with Crippen molar-refractivity contribution in [3.05, 3.63) is 0 Å². The van der Waals surface area contributed by atoms with Gasteiger partial charge in [0.05, 0.1) is 17.8 Å². The van der Waals surface area contributed by atoms with Gasteiger partial charge in [-0.15, -0.1) is 0 Å². The van der Waals surface area contributed by atoms with E-state index >= 15 is 0 Å². The highest BCUT2D eigenvalue weighted by Crippen LogP contribution is 2.42. The second-order valence-electron chi connectivity index (χ2n) is 6.40. The fraction of sp³-hybridized carbons (Fsp3) is 1.00. The van der Waals surface area contributed by atoms with E-state index in [9.17, 15) is 5.11 Å². The first-order valence-corrected chi connectivity index (χ1v) is 6.42. The van der Waals surface area contributed by atoms with Gasteiger partial charge in [-0.2, -0.15) is 0 Å². The number of aliphatic hydroxyl groups is 1. The van der Waals surface area contributed by atoms with Crippen LogP contribution in [0.5, 0.6) is 0 Å². The molecule has 2 rings (SSSR count). The van der Waals surface area contributed by atoms with Crippen LogP contribution in [0.3, 0.4) is 0 Å². The Morgan fingerprint density at radius 1 is 1.31 bits per heavy atom. The van der Waals surface area contributed by atoms with Crippen molar-refractivity contribution in [2.24, 2.45) is 0 Å². The average Bonchev–Trinajstić information content (AvgIpc) is 2.66. The van der Waals surface area contributed by atoms with E-state index in [4.69, 9.17) is 4.74 Å². The smallest absolute Gasteiger partial charge is 0.0789 e. The Kier molecular flexibility index (Phi) is 3.06. The SMILES string of the molecule is CC1(C)CC(N2CCC[C@@H]2CO)C(C)(C)O1. The third-order valence-electron chi connectivity index (χ3n) is 4.06. The minimum absolute atomic E-state index is 0.0310. The Labute approximate surface area is 98.8 Å². The van der Waals surface area contributed by atoms with E-state index in [2.05, 4.69) is 32.6 Å². The van der Waals surface area contributed by atoms with Gasteiger partial charge in [0.2, 0.25) is 0 Å². The Morgan fingerprint density at radius 2 is 2.00 bits per heavy atom. The molecule has 0 aromatic heterocycles. The number of hydrogen-bond donors (Lipinski definition) is 1. The van der Waals surface area contributed by atoms with E-state index in [-0.39, 0.29) is 17.8 Å². The topological polar surface area (TPSA) is 32.7 Å². The summed E-state index contributed by atoms with van der Waals surface area (Å²) >= 11 is 0. The molecule has 2 fully saturated rings. The van der Waals surface area contributed by atoms with Gasteiger partial charge >= 0.3 is 0 Å². The summed E-state index contributed by atoms with van der Waals surface area (Å²) in [5.41, 5.74) is -0.127. The first kappa shape index (κ1) is 12.3. The van der Waals surface area contributed by atoms with Crippen molar-refractivity contribution in [2.75, 3.05) is 13.2 Å². The summed E-state index contributed by atoms with van der Waals surface area (Å²) in [6, 6.07) is 0.795. The second kappa shape index (κ2) is 3.97. The Hall–Kier alpha value is -0.120. The van der Waals surface area contributed by atoms with Crippen LogP contribution in [0.2, 0.25) is 0 Å². The standard InChI is InChI=1S/C13H25NO2/c1-12(2)8-11(13(3,4)16-12)14-7-5-6-10(14)9-15/h10-11,15H,5-9H2,1-4H3/t10-,11?/m1/s1. The van der Waals surface area contributed by atoms with Gasteiger partial charge in [-0.1, -0.05) is 0 Å². The summed E-state index contributed by atoms with van der Waals surface area (Å²) in [5.74, 6) is 0. The number of rotatable bonds is 2. The molecule has 16 heavy (non-hydrogen) atoms. The Balaban J connectivity index is 2.14. The molecule has 2 aliphatic rings. The minimum Gasteiger partial charge on any atom is -0.395 e. The third kappa shape index (κ3) is 2.13. The van der Waals surface area contributed by atoms with Gasteiger partial charge in [0, 0.05) is 12.1 Å². The zero-order valence-electron chi connectivity index (χ0n) is 11.0. The van der Waals surface area contributed by atoms with E-state index in [0.29, 0.717) is 12.1 Å². The summed E-state index contributed by atoms with van der Waals surface area (Å²) in [6.45, 7) is 10.1. The van der Waals surface area contributed by atoms with Gasteiger partial charge in [0.25, 0.3) is 0 Å². The second-order valence-corrected chi connectivity index (χ2v) is 6.40. The molecule has 3 nitrogen and oxygen atoms in total. The molecular formula is C13H25NO2. The molecule has 0 radical (unpaired) electrons. The minimum atomic E-state index is -0.0960. The molecule has 0 amide bonds. The molecule has 0 spiro atoms. The van der Waals surface area contributed by atoms with Crippen LogP contribution in [0.25, 0.3) is 0 Å². The highest BCUT2D eigenvalue weighted by Gasteiger charge is 2.50. The third-order valence-corrected chi connectivity index (χ3v) is 4.06. The van der Waals surface area contributed by atoms with Crippen molar-refractivity contribution in [1.29, 1.82) is 0 Å². The van der Waals surface area contributed by atoms with E-state index in [0.717, 1.165) is 19.4 Å². The van der Waals surface area contributed by atoms with Crippen LogP contribution in [-0.4, -0.2) is 46.4 Å². The molecule has 94 valence electrons. The molecule has 1 unspecified atom stereocenters. The van der Waals surface area contributed by atoms with Crippen LogP contribution in [0.1, 0.15) is 47.0 Å². The lowest BCUT2D eigenvalue weighted by atomic mass is 9.92. The summed E-state index contributed by atoms with van der Waals surface area (Å²) < 4.78 is 6.13. The average molecular weight is 227 g/mol. The molecule has 2 heterocycles. The van der Waals surface area contributed by atoms with Crippen LogP contribution >= 0.6 is 0 Å². The van der Waals surface area contributed by atoms with E-state index in [1.807, 2.05) is 0 Å². The molecule has 2 aliphatic heterocycles. The highest BCUT2D eigenvalue weighted by atomic mass is 16.5. The van der Waals surface area contributed by atoms with Crippen molar-refractivity contribution < 1.29 is 9.84 Å². The summed E-state index contributed by atoms with van der Waals surface area (Å²) in [7, 11) is 0. The summed E-state index contributed by atoms with van der Waals surface area (Å²) in [6.07, 6.45) is 3.40. The van der Waals surface area contributed by atoms with Gasteiger partial charge in [-0.25, -0.2) is 0 Å². The fourth-order valence-corrected chi connectivity index (χ4v) is 3.51. The van der Waals surface area contributed by atoms with Gasteiger partial charge in [0.15, 0.2) is 0 Å². The lowest BCUT2D eigenvalue weighted by Gasteiger charge is -2.36. The summed E-state index contributed by atoms with van der Waals surface area (Å²) in [5, 5.41) is 9.41. The van der Waals surface area contributed by atoms with Crippen LogP contribution in [0, 0.1) is 0 Å². The lowest BCUT2D eigenvalue weighted by molar-refractivity contribution is -0.0828. The number of nitrogens with zero attached hydrogens (tertiary/aromatic N) is 1. The molecular weight excluding hydrogens is 202 g/mol. The Morgan fingerprint density at radius 3 is 2.50 bits per heavy atom.